The molecular weight excluding hydrogens is 246 g/mol. The lowest BCUT2D eigenvalue weighted by Gasteiger charge is -2.05. The smallest absolute Gasteiger partial charge is 0.218 e. The molecule has 0 saturated carbocycles. The first kappa shape index (κ1) is 11.0. The normalized spacial score (nSPS) is 11.6. The van der Waals surface area contributed by atoms with Crippen molar-refractivity contribution in [1.82, 2.24) is 5.48 Å². The molecule has 0 radical (unpaired) electrons. The van der Waals surface area contributed by atoms with Gasteiger partial charge in [-0.2, -0.15) is 0 Å². The number of halogens is 1. The molecule has 1 rings (SSSR count). The van der Waals surface area contributed by atoms with Crippen LogP contribution in [0.25, 0.3) is 0 Å². The van der Waals surface area contributed by atoms with Crippen LogP contribution in [0.5, 0.6) is 0 Å². The van der Waals surface area contributed by atoms with Gasteiger partial charge in [0.25, 0.3) is 0 Å². The average Bonchev–Trinajstić information content (AvgIpc) is 2.14. The average molecular weight is 258 g/mol. The van der Waals surface area contributed by atoms with Crippen molar-refractivity contribution in [3.8, 4) is 0 Å². The summed E-state index contributed by atoms with van der Waals surface area (Å²) in [6.07, 6.45) is 0. The van der Waals surface area contributed by atoms with Crippen molar-refractivity contribution in [3.05, 3.63) is 27.7 Å². The summed E-state index contributed by atoms with van der Waals surface area (Å²) in [5, 5.41) is 8.47. The van der Waals surface area contributed by atoms with Crippen molar-refractivity contribution in [2.24, 2.45) is 10.7 Å². The molecular formula is C9H12BrN3O. The van der Waals surface area contributed by atoms with Crippen molar-refractivity contribution in [2.75, 3.05) is 0 Å². The summed E-state index contributed by atoms with van der Waals surface area (Å²) < 4.78 is 1.06. The molecule has 0 saturated heterocycles. The first-order valence-electron chi connectivity index (χ1n) is 4.05. The number of guanidine groups is 1. The Hall–Kier alpha value is -1.07. The maximum atomic E-state index is 8.47. The number of nitrogens with zero attached hydrogens (tertiary/aromatic N) is 1. The minimum Gasteiger partial charge on any atom is -0.368 e. The number of hydrogen-bond acceptors (Lipinski definition) is 2. The van der Waals surface area contributed by atoms with Gasteiger partial charge in [-0.1, -0.05) is 15.9 Å². The summed E-state index contributed by atoms with van der Waals surface area (Å²) in [4.78, 5) is 3.95. The number of rotatable bonds is 1. The van der Waals surface area contributed by atoms with Crippen LogP contribution in [0.3, 0.4) is 0 Å². The number of hydrogen-bond donors (Lipinski definition) is 3. The van der Waals surface area contributed by atoms with E-state index in [0.29, 0.717) is 5.69 Å². The summed E-state index contributed by atoms with van der Waals surface area (Å²) in [7, 11) is 0. The van der Waals surface area contributed by atoms with Crippen LogP contribution in [-0.4, -0.2) is 11.2 Å². The number of nitrogens with one attached hydrogen (secondary N) is 1. The maximum absolute atomic E-state index is 8.47. The molecule has 0 aliphatic heterocycles. The molecule has 14 heavy (non-hydrogen) atoms. The molecule has 0 unspecified atom stereocenters. The monoisotopic (exact) mass is 257 g/mol. The Labute approximate surface area is 90.9 Å². The molecule has 0 aromatic heterocycles. The van der Waals surface area contributed by atoms with Gasteiger partial charge >= 0.3 is 0 Å². The summed E-state index contributed by atoms with van der Waals surface area (Å²) in [6.45, 7) is 3.94. The Morgan fingerprint density at radius 1 is 1.43 bits per heavy atom. The van der Waals surface area contributed by atoms with Crippen LogP contribution in [0.15, 0.2) is 21.6 Å². The Kier molecular flexibility index (Phi) is 3.49. The second-order valence-corrected chi connectivity index (χ2v) is 3.80. The van der Waals surface area contributed by atoms with Crippen molar-refractivity contribution in [2.45, 2.75) is 13.8 Å². The van der Waals surface area contributed by atoms with Gasteiger partial charge < -0.3 is 5.73 Å². The first-order chi connectivity index (χ1) is 6.54. The van der Waals surface area contributed by atoms with E-state index in [4.69, 9.17) is 10.9 Å². The predicted molar refractivity (Wildman–Crippen MR) is 59.8 cm³/mol. The third kappa shape index (κ3) is 2.46. The molecule has 0 heterocycles. The second-order valence-electron chi connectivity index (χ2n) is 3.00. The lowest BCUT2D eigenvalue weighted by atomic mass is 10.1. The summed E-state index contributed by atoms with van der Waals surface area (Å²) in [5.74, 6) is -0.0221. The molecule has 0 bridgehead atoms. The zero-order chi connectivity index (χ0) is 10.7. The minimum absolute atomic E-state index is 0.0221. The van der Waals surface area contributed by atoms with E-state index in [9.17, 15) is 0 Å². The van der Waals surface area contributed by atoms with Crippen LogP contribution in [0, 0.1) is 13.8 Å². The number of aryl methyl sites for hydroxylation is 2. The number of benzene rings is 1. The van der Waals surface area contributed by atoms with Gasteiger partial charge in [0, 0.05) is 4.47 Å². The van der Waals surface area contributed by atoms with Crippen molar-refractivity contribution in [3.63, 3.8) is 0 Å². The van der Waals surface area contributed by atoms with E-state index in [-0.39, 0.29) is 5.96 Å². The van der Waals surface area contributed by atoms with E-state index in [2.05, 4.69) is 20.9 Å². The fraction of sp³-hybridized carbons (Fsp3) is 0.222. The highest BCUT2D eigenvalue weighted by Gasteiger charge is 2.01. The molecule has 0 fully saturated rings. The molecule has 76 valence electrons. The van der Waals surface area contributed by atoms with Gasteiger partial charge in [0.15, 0.2) is 0 Å². The van der Waals surface area contributed by atoms with Crippen LogP contribution in [-0.2, 0) is 0 Å². The molecule has 5 heteroatoms. The largest absolute Gasteiger partial charge is 0.368 e. The topological polar surface area (TPSA) is 70.6 Å². The van der Waals surface area contributed by atoms with Gasteiger partial charge in [-0.15, -0.1) is 0 Å². The molecule has 0 aliphatic rings. The van der Waals surface area contributed by atoms with Crippen molar-refractivity contribution in [1.29, 1.82) is 0 Å². The third-order valence-corrected chi connectivity index (χ3v) is 3.04. The van der Waals surface area contributed by atoms with Crippen LogP contribution in [0.2, 0.25) is 0 Å². The molecule has 0 aliphatic carbocycles. The van der Waals surface area contributed by atoms with Gasteiger partial charge in [-0.3, -0.25) is 5.21 Å². The van der Waals surface area contributed by atoms with Gasteiger partial charge in [0.2, 0.25) is 5.96 Å². The van der Waals surface area contributed by atoms with Crippen molar-refractivity contribution >= 4 is 27.6 Å². The molecule has 0 spiro atoms. The zero-order valence-corrected chi connectivity index (χ0v) is 9.59. The minimum atomic E-state index is -0.0221. The van der Waals surface area contributed by atoms with Crippen LogP contribution >= 0.6 is 15.9 Å². The van der Waals surface area contributed by atoms with Crippen LogP contribution in [0.4, 0.5) is 5.69 Å². The van der Waals surface area contributed by atoms with Gasteiger partial charge in [0.1, 0.15) is 0 Å². The summed E-state index contributed by atoms with van der Waals surface area (Å²) in [5.41, 5.74) is 9.97. The maximum Gasteiger partial charge on any atom is 0.218 e. The molecule has 4 nitrogen and oxygen atoms in total. The van der Waals surface area contributed by atoms with Gasteiger partial charge in [-0.05, 0) is 37.1 Å². The number of aliphatic imine (C=N–C) groups is 1. The molecule has 0 atom stereocenters. The Balaban J connectivity index is 3.13. The van der Waals surface area contributed by atoms with Gasteiger partial charge in [0.05, 0.1) is 5.69 Å². The van der Waals surface area contributed by atoms with E-state index in [0.717, 1.165) is 15.6 Å². The number of hydroxylamine groups is 1. The van der Waals surface area contributed by atoms with Crippen LogP contribution in [0.1, 0.15) is 11.1 Å². The van der Waals surface area contributed by atoms with E-state index < -0.39 is 0 Å². The SMILES string of the molecule is Cc1cc(N=C(N)NO)cc(C)c1Br. The third-order valence-electron chi connectivity index (χ3n) is 1.79. The van der Waals surface area contributed by atoms with Crippen molar-refractivity contribution < 1.29 is 5.21 Å². The van der Waals surface area contributed by atoms with E-state index >= 15 is 0 Å². The molecule has 4 N–H and O–H groups in total. The second kappa shape index (κ2) is 4.43. The van der Waals surface area contributed by atoms with Gasteiger partial charge in [-0.25, -0.2) is 10.5 Å². The van der Waals surface area contributed by atoms with E-state index in [1.165, 1.54) is 0 Å². The quantitative estimate of drug-likeness (QED) is 0.410. The predicted octanol–water partition coefficient (Wildman–Crippen LogP) is 1.99. The Morgan fingerprint density at radius 2 is 1.93 bits per heavy atom. The standard InChI is InChI=1S/C9H12BrN3O/c1-5-3-7(12-9(11)13-14)4-6(2)8(5)10/h3-4,14H,1-2H3,(H3,11,12,13). The number of nitrogens with two attached hydrogens (primary N) is 1. The highest BCUT2D eigenvalue weighted by atomic mass is 79.9. The van der Waals surface area contributed by atoms with Crippen LogP contribution < -0.4 is 11.2 Å². The fourth-order valence-corrected chi connectivity index (χ4v) is 1.38. The lowest BCUT2D eigenvalue weighted by molar-refractivity contribution is 0.233. The molecule has 1 aromatic rings. The van der Waals surface area contributed by atoms with E-state index in [1.807, 2.05) is 26.0 Å². The highest BCUT2D eigenvalue weighted by Crippen LogP contribution is 2.26. The fourth-order valence-electron chi connectivity index (χ4n) is 1.15. The molecule has 1 aromatic carbocycles. The lowest BCUT2D eigenvalue weighted by Crippen LogP contribution is -2.27. The first-order valence-corrected chi connectivity index (χ1v) is 4.85. The zero-order valence-electron chi connectivity index (χ0n) is 8.00. The molecule has 0 amide bonds. The van der Waals surface area contributed by atoms with E-state index in [1.54, 1.807) is 5.48 Å². The highest BCUT2D eigenvalue weighted by molar-refractivity contribution is 9.10. The summed E-state index contributed by atoms with van der Waals surface area (Å²) >= 11 is 3.45. The Bertz CT molecular complexity index is 353. The Morgan fingerprint density at radius 3 is 2.36 bits per heavy atom. The summed E-state index contributed by atoms with van der Waals surface area (Å²) in [6, 6.07) is 3.75.